The lowest BCUT2D eigenvalue weighted by molar-refractivity contribution is -0.00277. The van der Waals surface area contributed by atoms with Gasteiger partial charge in [-0.1, -0.05) is 6.92 Å². The van der Waals surface area contributed by atoms with Crippen LogP contribution in [-0.4, -0.2) is 54.6 Å². The van der Waals surface area contributed by atoms with Gasteiger partial charge < -0.3 is 14.8 Å². The summed E-state index contributed by atoms with van der Waals surface area (Å²) < 4.78 is 31.4. The van der Waals surface area contributed by atoms with Gasteiger partial charge in [0.2, 0.25) is 10.0 Å². The molecule has 7 nitrogen and oxygen atoms in total. The third-order valence-electron chi connectivity index (χ3n) is 3.08. The van der Waals surface area contributed by atoms with E-state index >= 15 is 0 Å². The summed E-state index contributed by atoms with van der Waals surface area (Å²) in [7, 11) is -3.66. The van der Waals surface area contributed by atoms with Crippen LogP contribution in [-0.2, 0) is 14.8 Å². The Morgan fingerprint density at radius 2 is 2.37 bits per heavy atom. The first kappa shape index (κ1) is 14.0. The number of aromatic nitrogens is 1. The Labute approximate surface area is 111 Å². The van der Waals surface area contributed by atoms with E-state index in [9.17, 15) is 13.2 Å². The number of sulfonamides is 1. The highest BCUT2D eigenvalue weighted by Gasteiger charge is 2.31. The average molecular weight is 288 g/mol. The second kappa shape index (κ2) is 5.32. The summed E-state index contributed by atoms with van der Waals surface area (Å²) in [6.45, 7) is 2.87. The molecular formula is C11H16N2O5S. The van der Waals surface area contributed by atoms with Gasteiger partial charge in [-0.15, -0.1) is 0 Å². The molecular weight excluding hydrogens is 272 g/mol. The highest BCUT2D eigenvalue weighted by molar-refractivity contribution is 7.89. The van der Waals surface area contributed by atoms with E-state index in [2.05, 4.69) is 4.98 Å². The molecule has 0 spiro atoms. The second-order valence-electron chi connectivity index (χ2n) is 4.32. The van der Waals surface area contributed by atoms with Crippen molar-refractivity contribution < 1.29 is 23.1 Å². The third kappa shape index (κ3) is 2.80. The number of ether oxygens (including phenoxy) is 1. The van der Waals surface area contributed by atoms with Crippen molar-refractivity contribution in [3.63, 3.8) is 0 Å². The molecule has 19 heavy (non-hydrogen) atoms. The Balaban J connectivity index is 2.23. The van der Waals surface area contributed by atoms with Gasteiger partial charge in [0, 0.05) is 19.3 Å². The summed E-state index contributed by atoms with van der Waals surface area (Å²) in [6, 6.07) is 1.13. The topological polar surface area (TPSA) is 99.7 Å². The van der Waals surface area contributed by atoms with E-state index in [1.54, 1.807) is 0 Å². The minimum atomic E-state index is -3.66. The van der Waals surface area contributed by atoms with Crippen LogP contribution >= 0.6 is 0 Å². The molecule has 2 N–H and O–H groups in total. The molecule has 2 heterocycles. The maximum atomic E-state index is 12.3. The van der Waals surface area contributed by atoms with Crippen molar-refractivity contribution in [2.45, 2.75) is 24.3 Å². The molecule has 0 radical (unpaired) electrons. The summed E-state index contributed by atoms with van der Waals surface area (Å²) >= 11 is 0. The Bertz CT molecular complexity index is 565. The zero-order valence-corrected chi connectivity index (χ0v) is 11.3. The van der Waals surface area contributed by atoms with Crippen molar-refractivity contribution >= 4 is 16.0 Å². The number of hydrogen-bond acceptors (Lipinski definition) is 4. The fraction of sp³-hybridized carbons (Fsp3) is 0.545. The standard InChI is InChI=1S/C11H16N2O5S/c1-2-8-7-13(3-4-18-8)19(16,17)9-5-10(11(14)15)12-6-9/h5-6,8,12H,2-4,7H2,1H3,(H,14,15). The number of nitrogens with zero attached hydrogens (tertiary/aromatic N) is 1. The first-order valence-electron chi connectivity index (χ1n) is 5.98. The van der Waals surface area contributed by atoms with Gasteiger partial charge in [0.05, 0.1) is 12.7 Å². The van der Waals surface area contributed by atoms with Crippen LogP contribution in [0.4, 0.5) is 0 Å². The van der Waals surface area contributed by atoms with Crippen molar-refractivity contribution in [2.75, 3.05) is 19.7 Å². The lowest BCUT2D eigenvalue weighted by Crippen LogP contribution is -2.45. The molecule has 1 fully saturated rings. The van der Waals surface area contributed by atoms with Crippen molar-refractivity contribution in [1.82, 2.24) is 9.29 Å². The number of aromatic carboxylic acids is 1. The summed E-state index contributed by atoms with van der Waals surface area (Å²) in [5, 5.41) is 8.79. The van der Waals surface area contributed by atoms with E-state index in [1.165, 1.54) is 10.5 Å². The highest BCUT2D eigenvalue weighted by atomic mass is 32.2. The molecule has 0 amide bonds. The summed E-state index contributed by atoms with van der Waals surface area (Å²) in [5.41, 5.74) is -0.140. The number of H-pyrrole nitrogens is 1. The first-order valence-corrected chi connectivity index (χ1v) is 7.42. The molecule has 8 heteroatoms. The minimum Gasteiger partial charge on any atom is -0.477 e. The van der Waals surface area contributed by atoms with E-state index in [4.69, 9.17) is 9.84 Å². The van der Waals surface area contributed by atoms with Crippen LogP contribution in [0.5, 0.6) is 0 Å². The Kier molecular flexibility index (Phi) is 3.93. The van der Waals surface area contributed by atoms with Crippen LogP contribution in [0.2, 0.25) is 0 Å². The number of aromatic amines is 1. The molecule has 1 aromatic heterocycles. The van der Waals surface area contributed by atoms with Crippen LogP contribution in [0.25, 0.3) is 0 Å². The molecule has 0 aliphatic carbocycles. The zero-order chi connectivity index (χ0) is 14.0. The minimum absolute atomic E-state index is 0.0262. The molecule has 1 saturated heterocycles. The van der Waals surface area contributed by atoms with Gasteiger partial charge in [-0.2, -0.15) is 4.31 Å². The quantitative estimate of drug-likeness (QED) is 0.841. The van der Waals surface area contributed by atoms with Crippen LogP contribution in [0, 0.1) is 0 Å². The number of carbonyl (C=O) groups is 1. The van der Waals surface area contributed by atoms with Gasteiger partial charge in [-0.25, -0.2) is 13.2 Å². The predicted molar refractivity (Wildman–Crippen MR) is 66.5 cm³/mol. The van der Waals surface area contributed by atoms with Gasteiger partial charge in [-0.05, 0) is 12.5 Å². The van der Waals surface area contributed by atoms with Gasteiger partial charge in [0.1, 0.15) is 10.6 Å². The smallest absolute Gasteiger partial charge is 0.352 e. The molecule has 1 unspecified atom stereocenters. The lowest BCUT2D eigenvalue weighted by Gasteiger charge is -2.31. The molecule has 1 atom stereocenters. The number of carboxylic acid groups (broad SMARTS) is 1. The number of rotatable bonds is 4. The summed E-state index contributed by atoms with van der Waals surface area (Å²) in [4.78, 5) is 13.2. The molecule has 1 aromatic rings. The molecule has 0 aromatic carbocycles. The maximum Gasteiger partial charge on any atom is 0.352 e. The second-order valence-corrected chi connectivity index (χ2v) is 6.26. The Hall–Kier alpha value is -1.38. The van der Waals surface area contributed by atoms with Crippen molar-refractivity contribution in [2.24, 2.45) is 0 Å². The maximum absolute atomic E-state index is 12.3. The normalized spacial score (nSPS) is 21.4. The number of morpholine rings is 1. The van der Waals surface area contributed by atoms with Crippen LogP contribution < -0.4 is 0 Å². The monoisotopic (exact) mass is 288 g/mol. The molecule has 0 saturated carbocycles. The van der Waals surface area contributed by atoms with Crippen molar-refractivity contribution in [3.05, 3.63) is 18.0 Å². The molecule has 0 bridgehead atoms. The summed E-state index contributed by atoms with van der Waals surface area (Å²) in [5.74, 6) is -1.19. The van der Waals surface area contributed by atoms with Gasteiger partial charge in [-0.3, -0.25) is 0 Å². The highest BCUT2D eigenvalue weighted by Crippen LogP contribution is 2.20. The van der Waals surface area contributed by atoms with E-state index in [0.29, 0.717) is 13.2 Å². The lowest BCUT2D eigenvalue weighted by atomic mass is 10.2. The fourth-order valence-electron chi connectivity index (χ4n) is 1.95. The van der Waals surface area contributed by atoms with E-state index < -0.39 is 16.0 Å². The summed E-state index contributed by atoms with van der Waals surface area (Å²) in [6.07, 6.45) is 1.83. The SMILES string of the molecule is CCC1CN(S(=O)(=O)c2c[nH]c(C(=O)O)c2)CCO1. The molecule has 1 aliphatic heterocycles. The van der Waals surface area contributed by atoms with Crippen molar-refractivity contribution in [1.29, 1.82) is 0 Å². The Morgan fingerprint density at radius 3 is 2.95 bits per heavy atom. The number of carboxylic acids is 1. The van der Waals surface area contributed by atoms with E-state index in [1.807, 2.05) is 6.92 Å². The van der Waals surface area contributed by atoms with Crippen LogP contribution in [0.1, 0.15) is 23.8 Å². The number of hydrogen-bond donors (Lipinski definition) is 2. The molecule has 106 valence electrons. The van der Waals surface area contributed by atoms with Gasteiger partial charge >= 0.3 is 5.97 Å². The zero-order valence-electron chi connectivity index (χ0n) is 10.5. The third-order valence-corrected chi connectivity index (χ3v) is 4.92. The van der Waals surface area contributed by atoms with E-state index in [0.717, 1.165) is 12.5 Å². The van der Waals surface area contributed by atoms with Gasteiger partial charge in [0.15, 0.2) is 0 Å². The molecule has 1 aliphatic rings. The van der Waals surface area contributed by atoms with Crippen LogP contribution in [0.15, 0.2) is 17.2 Å². The largest absolute Gasteiger partial charge is 0.477 e. The fourth-order valence-corrected chi connectivity index (χ4v) is 3.40. The molecule has 2 rings (SSSR count). The van der Waals surface area contributed by atoms with E-state index in [-0.39, 0.29) is 23.2 Å². The van der Waals surface area contributed by atoms with Crippen LogP contribution in [0.3, 0.4) is 0 Å². The average Bonchev–Trinajstić information content (AvgIpc) is 2.89. The van der Waals surface area contributed by atoms with Crippen molar-refractivity contribution in [3.8, 4) is 0 Å². The predicted octanol–water partition coefficient (Wildman–Crippen LogP) is 0.512. The first-order chi connectivity index (χ1) is 8.95. The van der Waals surface area contributed by atoms with Gasteiger partial charge in [0.25, 0.3) is 0 Å². The Morgan fingerprint density at radius 1 is 1.63 bits per heavy atom. The number of nitrogens with one attached hydrogen (secondary N) is 1.